The van der Waals surface area contributed by atoms with E-state index < -0.39 is 0 Å². The fourth-order valence-corrected chi connectivity index (χ4v) is 1.37. The van der Waals surface area contributed by atoms with E-state index in [9.17, 15) is 0 Å². The molecule has 0 saturated carbocycles. The van der Waals surface area contributed by atoms with Gasteiger partial charge in [0.05, 0.1) is 6.61 Å². The third kappa shape index (κ3) is 3.07. The van der Waals surface area contributed by atoms with Gasteiger partial charge in [0.15, 0.2) is 0 Å². The van der Waals surface area contributed by atoms with Crippen molar-refractivity contribution in [2.75, 3.05) is 18.5 Å². The average Bonchev–Trinajstić information content (AvgIpc) is 2.17. The summed E-state index contributed by atoms with van der Waals surface area (Å²) in [7, 11) is 0. The number of anilines is 1. The zero-order valence-electron chi connectivity index (χ0n) is 8.09. The molecule has 0 atom stereocenters. The molecule has 1 aromatic rings. The number of hydrogen-bond acceptors (Lipinski definition) is 2. The minimum Gasteiger partial charge on any atom is -0.395 e. The van der Waals surface area contributed by atoms with E-state index in [4.69, 9.17) is 5.11 Å². The summed E-state index contributed by atoms with van der Waals surface area (Å²) in [6.45, 7) is 2.98. The first-order chi connectivity index (χ1) is 6.38. The molecule has 2 N–H and O–H groups in total. The van der Waals surface area contributed by atoms with E-state index in [2.05, 4.69) is 30.4 Å². The standard InChI is InChI=1S/C11H17NO/c1-2-5-10-6-3-4-7-11(10)12-8-9-13/h3-4,6-7,12-13H,2,5,8-9H2,1H3. The van der Waals surface area contributed by atoms with E-state index in [1.165, 1.54) is 5.56 Å². The minimum atomic E-state index is 0.181. The van der Waals surface area contributed by atoms with Crippen LogP contribution < -0.4 is 5.32 Å². The summed E-state index contributed by atoms with van der Waals surface area (Å²) < 4.78 is 0. The number of aryl methyl sites for hydroxylation is 1. The van der Waals surface area contributed by atoms with Gasteiger partial charge in [0.1, 0.15) is 0 Å². The molecule has 0 fully saturated rings. The van der Waals surface area contributed by atoms with Gasteiger partial charge < -0.3 is 10.4 Å². The van der Waals surface area contributed by atoms with E-state index in [-0.39, 0.29) is 6.61 Å². The minimum absolute atomic E-state index is 0.181. The quantitative estimate of drug-likeness (QED) is 0.725. The Labute approximate surface area is 79.6 Å². The van der Waals surface area contributed by atoms with Gasteiger partial charge in [-0.05, 0) is 18.1 Å². The smallest absolute Gasteiger partial charge is 0.0604 e. The van der Waals surface area contributed by atoms with Crippen molar-refractivity contribution in [1.29, 1.82) is 0 Å². The Morgan fingerprint density at radius 3 is 2.77 bits per heavy atom. The van der Waals surface area contributed by atoms with Crippen LogP contribution in [0.5, 0.6) is 0 Å². The molecule has 0 aliphatic rings. The van der Waals surface area contributed by atoms with Gasteiger partial charge in [0.25, 0.3) is 0 Å². The van der Waals surface area contributed by atoms with E-state index in [1.54, 1.807) is 0 Å². The molecular weight excluding hydrogens is 162 g/mol. The maximum absolute atomic E-state index is 8.69. The zero-order valence-corrected chi connectivity index (χ0v) is 8.09. The van der Waals surface area contributed by atoms with Crippen LogP contribution in [0.2, 0.25) is 0 Å². The van der Waals surface area contributed by atoms with Gasteiger partial charge >= 0.3 is 0 Å². The Bertz CT molecular complexity index is 248. The van der Waals surface area contributed by atoms with Crippen LogP contribution in [0.4, 0.5) is 5.69 Å². The molecular formula is C11H17NO. The Hall–Kier alpha value is -1.02. The highest BCUT2D eigenvalue weighted by atomic mass is 16.3. The monoisotopic (exact) mass is 179 g/mol. The van der Waals surface area contributed by atoms with Gasteiger partial charge in [0.2, 0.25) is 0 Å². The van der Waals surface area contributed by atoms with Crippen LogP contribution in [0.3, 0.4) is 0 Å². The number of benzene rings is 1. The summed E-state index contributed by atoms with van der Waals surface area (Å²) >= 11 is 0. The second-order valence-corrected chi connectivity index (χ2v) is 3.06. The van der Waals surface area contributed by atoms with Crippen LogP contribution in [-0.4, -0.2) is 18.3 Å². The molecule has 0 aromatic heterocycles. The number of aliphatic hydroxyl groups is 1. The lowest BCUT2D eigenvalue weighted by molar-refractivity contribution is 0.311. The largest absolute Gasteiger partial charge is 0.395 e. The molecule has 0 unspecified atom stereocenters. The zero-order chi connectivity index (χ0) is 9.52. The van der Waals surface area contributed by atoms with Crippen molar-refractivity contribution in [3.63, 3.8) is 0 Å². The SMILES string of the molecule is CCCc1ccccc1NCCO. The van der Waals surface area contributed by atoms with Crippen LogP contribution in [0.1, 0.15) is 18.9 Å². The van der Waals surface area contributed by atoms with Crippen molar-refractivity contribution in [3.8, 4) is 0 Å². The van der Waals surface area contributed by atoms with Crippen molar-refractivity contribution < 1.29 is 5.11 Å². The summed E-state index contributed by atoms with van der Waals surface area (Å²) in [5.74, 6) is 0. The second kappa shape index (κ2) is 5.60. The predicted molar refractivity (Wildman–Crippen MR) is 56.0 cm³/mol. The summed E-state index contributed by atoms with van der Waals surface area (Å²) in [5.41, 5.74) is 2.48. The highest BCUT2D eigenvalue weighted by molar-refractivity contribution is 5.51. The lowest BCUT2D eigenvalue weighted by Gasteiger charge is -2.09. The fraction of sp³-hybridized carbons (Fsp3) is 0.455. The molecule has 0 aliphatic heterocycles. The summed E-state index contributed by atoms with van der Waals surface area (Å²) in [4.78, 5) is 0. The van der Waals surface area contributed by atoms with Gasteiger partial charge in [-0.1, -0.05) is 31.5 Å². The van der Waals surface area contributed by atoms with Crippen molar-refractivity contribution in [2.24, 2.45) is 0 Å². The Balaban J connectivity index is 2.66. The van der Waals surface area contributed by atoms with Gasteiger partial charge in [0, 0.05) is 12.2 Å². The molecule has 1 rings (SSSR count). The molecule has 0 amide bonds. The maximum Gasteiger partial charge on any atom is 0.0604 e. The van der Waals surface area contributed by atoms with E-state index >= 15 is 0 Å². The van der Waals surface area contributed by atoms with Gasteiger partial charge in [-0.25, -0.2) is 0 Å². The molecule has 0 saturated heterocycles. The lowest BCUT2D eigenvalue weighted by atomic mass is 10.1. The van der Waals surface area contributed by atoms with Crippen molar-refractivity contribution in [2.45, 2.75) is 19.8 Å². The van der Waals surface area contributed by atoms with Crippen LogP contribution in [0, 0.1) is 0 Å². The highest BCUT2D eigenvalue weighted by Crippen LogP contribution is 2.15. The normalized spacial score (nSPS) is 10.0. The van der Waals surface area contributed by atoms with E-state index in [0.29, 0.717) is 6.54 Å². The fourth-order valence-electron chi connectivity index (χ4n) is 1.37. The molecule has 2 nitrogen and oxygen atoms in total. The van der Waals surface area contributed by atoms with Crippen LogP contribution in [-0.2, 0) is 6.42 Å². The van der Waals surface area contributed by atoms with E-state index in [0.717, 1.165) is 18.5 Å². The molecule has 0 spiro atoms. The van der Waals surface area contributed by atoms with Crippen LogP contribution >= 0.6 is 0 Å². The molecule has 0 heterocycles. The van der Waals surface area contributed by atoms with Crippen molar-refractivity contribution in [3.05, 3.63) is 29.8 Å². The third-order valence-electron chi connectivity index (χ3n) is 1.96. The molecule has 1 aromatic carbocycles. The summed E-state index contributed by atoms with van der Waals surface area (Å²) in [6.07, 6.45) is 2.24. The average molecular weight is 179 g/mol. The molecule has 0 bridgehead atoms. The lowest BCUT2D eigenvalue weighted by Crippen LogP contribution is -2.07. The van der Waals surface area contributed by atoms with E-state index in [1.807, 2.05) is 6.07 Å². The van der Waals surface area contributed by atoms with Crippen LogP contribution in [0.15, 0.2) is 24.3 Å². The molecule has 0 radical (unpaired) electrons. The third-order valence-corrected chi connectivity index (χ3v) is 1.96. The van der Waals surface area contributed by atoms with Gasteiger partial charge in [-0.3, -0.25) is 0 Å². The maximum atomic E-state index is 8.69. The topological polar surface area (TPSA) is 32.3 Å². The van der Waals surface area contributed by atoms with Crippen molar-refractivity contribution >= 4 is 5.69 Å². The first-order valence-electron chi connectivity index (χ1n) is 4.81. The summed E-state index contributed by atoms with van der Waals surface area (Å²) in [6, 6.07) is 8.25. The highest BCUT2D eigenvalue weighted by Gasteiger charge is 1.98. The number of hydrogen-bond donors (Lipinski definition) is 2. The van der Waals surface area contributed by atoms with Gasteiger partial charge in [-0.15, -0.1) is 0 Å². The first-order valence-corrected chi connectivity index (χ1v) is 4.81. The molecule has 13 heavy (non-hydrogen) atoms. The van der Waals surface area contributed by atoms with Gasteiger partial charge in [-0.2, -0.15) is 0 Å². The first kappa shape index (κ1) is 10.1. The van der Waals surface area contributed by atoms with Crippen LogP contribution in [0.25, 0.3) is 0 Å². The molecule has 2 heteroatoms. The predicted octanol–water partition coefficient (Wildman–Crippen LogP) is 2.04. The summed E-state index contributed by atoms with van der Waals surface area (Å²) in [5, 5.41) is 11.9. The second-order valence-electron chi connectivity index (χ2n) is 3.06. The Kier molecular flexibility index (Phi) is 4.33. The number of para-hydroxylation sites is 1. The Morgan fingerprint density at radius 2 is 2.08 bits per heavy atom. The molecule has 72 valence electrons. The van der Waals surface area contributed by atoms with Crippen molar-refractivity contribution in [1.82, 2.24) is 0 Å². The number of nitrogens with one attached hydrogen (secondary N) is 1. The molecule has 0 aliphatic carbocycles. The Morgan fingerprint density at radius 1 is 1.31 bits per heavy atom. The number of aliphatic hydroxyl groups excluding tert-OH is 1. The number of rotatable bonds is 5.